The van der Waals surface area contributed by atoms with E-state index in [1.54, 1.807) is 30.3 Å². The molecule has 0 aliphatic rings. The van der Waals surface area contributed by atoms with Gasteiger partial charge in [-0.1, -0.05) is 41.9 Å². The van der Waals surface area contributed by atoms with Crippen molar-refractivity contribution in [2.24, 2.45) is 0 Å². The summed E-state index contributed by atoms with van der Waals surface area (Å²) >= 11 is 5.80. The third-order valence-corrected chi connectivity index (χ3v) is 5.21. The second kappa shape index (κ2) is 11.1. The van der Waals surface area contributed by atoms with Crippen LogP contribution in [0.4, 0.5) is 26.3 Å². The van der Waals surface area contributed by atoms with Crippen LogP contribution in [-0.4, -0.2) is 24.0 Å². The summed E-state index contributed by atoms with van der Waals surface area (Å²) in [6.45, 7) is -0.456. The Bertz CT molecular complexity index is 1120. The predicted molar refractivity (Wildman–Crippen MR) is 117 cm³/mol. The minimum absolute atomic E-state index is 0.0666. The zero-order valence-electron chi connectivity index (χ0n) is 18.0. The van der Waals surface area contributed by atoms with Gasteiger partial charge in [0, 0.05) is 24.2 Å². The molecule has 0 aliphatic heterocycles. The van der Waals surface area contributed by atoms with E-state index in [4.69, 9.17) is 16.3 Å². The third kappa shape index (κ3) is 7.69. The third-order valence-electron chi connectivity index (χ3n) is 5.00. The van der Waals surface area contributed by atoms with Crippen molar-refractivity contribution in [1.82, 2.24) is 10.3 Å². The van der Waals surface area contributed by atoms with Gasteiger partial charge in [0.05, 0.1) is 24.3 Å². The van der Waals surface area contributed by atoms with Gasteiger partial charge >= 0.3 is 12.4 Å². The molecule has 3 aromatic rings. The van der Waals surface area contributed by atoms with Gasteiger partial charge in [-0.2, -0.15) is 26.3 Å². The number of alkyl halides is 6. The molecule has 11 heteroatoms. The van der Waals surface area contributed by atoms with Gasteiger partial charge in [0.2, 0.25) is 0 Å². The number of carbonyl (C=O) groups is 1. The average molecular weight is 517 g/mol. The van der Waals surface area contributed by atoms with Crippen molar-refractivity contribution in [3.05, 3.63) is 99.8 Å². The molecule has 1 N–H and O–H groups in total. The highest BCUT2D eigenvalue weighted by atomic mass is 35.5. The lowest BCUT2D eigenvalue weighted by molar-refractivity contribution is -0.143. The van der Waals surface area contributed by atoms with Gasteiger partial charge in [-0.15, -0.1) is 0 Å². The Morgan fingerprint density at radius 3 is 2.14 bits per heavy atom. The lowest BCUT2D eigenvalue weighted by Gasteiger charge is -2.19. The largest absolute Gasteiger partial charge is 0.416 e. The molecule has 0 fully saturated rings. The van der Waals surface area contributed by atoms with Crippen LogP contribution in [0.25, 0.3) is 0 Å². The minimum Gasteiger partial charge on any atom is -0.376 e. The van der Waals surface area contributed by atoms with Crippen LogP contribution in [0.15, 0.2) is 66.9 Å². The molecule has 0 spiro atoms. The molecule has 0 aliphatic carbocycles. The molecule has 2 aromatic carbocycles. The molecule has 0 saturated carbocycles. The maximum absolute atomic E-state index is 13.1. The summed E-state index contributed by atoms with van der Waals surface area (Å²) < 4.78 is 84.0. The second-order valence-electron chi connectivity index (χ2n) is 7.61. The first-order chi connectivity index (χ1) is 16.4. The molecule has 1 aromatic heterocycles. The first-order valence-corrected chi connectivity index (χ1v) is 10.6. The molecule has 0 bridgehead atoms. The van der Waals surface area contributed by atoms with Gasteiger partial charge < -0.3 is 10.1 Å². The van der Waals surface area contributed by atoms with E-state index in [9.17, 15) is 31.1 Å². The predicted octanol–water partition coefficient (Wildman–Crippen LogP) is 6.50. The Kier molecular flexibility index (Phi) is 8.39. The van der Waals surface area contributed by atoms with Crippen molar-refractivity contribution < 1.29 is 35.9 Å². The van der Waals surface area contributed by atoms with Crippen LogP contribution < -0.4 is 5.32 Å². The summed E-state index contributed by atoms with van der Waals surface area (Å²) in [6.07, 6.45) is -8.51. The topological polar surface area (TPSA) is 51.2 Å². The number of ether oxygens (including phenoxy) is 1. The van der Waals surface area contributed by atoms with E-state index in [0.29, 0.717) is 12.1 Å². The molecule has 0 radical (unpaired) electrons. The standard InChI is InChI=1S/C24H19ClF6N2O2/c25-21-10-17(6-7-32-21)22(34)33-12-18(16-4-2-1-3-5-16)14-35-13-15-8-19(23(26,27)28)11-20(9-15)24(29,30)31/h1-11,18H,12-14H2,(H,33,34). The first-order valence-electron chi connectivity index (χ1n) is 10.2. The number of nitrogens with one attached hydrogen (secondary N) is 1. The maximum Gasteiger partial charge on any atom is 0.416 e. The summed E-state index contributed by atoms with van der Waals surface area (Å²) in [5.41, 5.74) is -2.04. The van der Waals surface area contributed by atoms with E-state index in [2.05, 4.69) is 10.3 Å². The lowest BCUT2D eigenvalue weighted by atomic mass is 9.99. The van der Waals surface area contributed by atoms with E-state index < -0.39 is 41.9 Å². The number of benzene rings is 2. The van der Waals surface area contributed by atoms with E-state index in [-0.39, 0.29) is 35.5 Å². The van der Waals surface area contributed by atoms with Crippen LogP contribution in [0, 0.1) is 0 Å². The zero-order chi connectivity index (χ0) is 25.6. The van der Waals surface area contributed by atoms with Crippen molar-refractivity contribution in [2.45, 2.75) is 24.9 Å². The van der Waals surface area contributed by atoms with E-state index in [1.165, 1.54) is 18.3 Å². The number of amides is 1. The molecule has 186 valence electrons. The number of hydrogen-bond acceptors (Lipinski definition) is 3. The van der Waals surface area contributed by atoms with Gasteiger partial charge in [0.1, 0.15) is 5.15 Å². The zero-order valence-corrected chi connectivity index (χ0v) is 18.7. The fraction of sp³-hybridized carbons (Fsp3) is 0.250. The molecular formula is C24H19ClF6N2O2. The summed E-state index contributed by atoms with van der Waals surface area (Å²) in [5, 5.41) is 2.87. The number of halogens is 7. The molecule has 1 unspecified atom stereocenters. The number of aromatic nitrogens is 1. The average Bonchev–Trinajstić information content (AvgIpc) is 2.80. The Labute approximate surface area is 201 Å². The van der Waals surface area contributed by atoms with Crippen molar-refractivity contribution >= 4 is 17.5 Å². The van der Waals surface area contributed by atoms with Crippen LogP contribution in [0.3, 0.4) is 0 Å². The highest BCUT2D eigenvalue weighted by molar-refractivity contribution is 6.29. The molecule has 0 saturated heterocycles. The molecule has 4 nitrogen and oxygen atoms in total. The van der Waals surface area contributed by atoms with Gasteiger partial charge in [-0.25, -0.2) is 4.98 Å². The Balaban J connectivity index is 1.72. The fourth-order valence-corrected chi connectivity index (χ4v) is 3.46. The van der Waals surface area contributed by atoms with Crippen LogP contribution in [0.5, 0.6) is 0 Å². The van der Waals surface area contributed by atoms with Gasteiger partial charge in [0.25, 0.3) is 5.91 Å². The summed E-state index contributed by atoms with van der Waals surface area (Å²) in [4.78, 5) is 16.2. The number of hydrogen-bond donors (Lipinski definition) is 1. The van der Waals surface area contributed by atoms with Crippen LogP contribution in [-0.2, 0) is 23.7 Å². The minimum atomic E-state index is -4.94. The maximum atomic E-state index is 13.1. The molecule has 1 atom stereocenters. The summed E-state index contributed by atoms with van der Waals surface area (Å²) in [7, 11) is 0. The van der Waals surface area contributed by atoms with Gasteiger partial charge in [-0.05, 0) is 41.5 Å². The van der Waals surface area contributed by atoms with Gasteiger partial charge in [-0.3, -0.25) is 4.79 Å². The lowest BCUT2D eigenvalue weighted by Crippen LogP contribution is -2.30. The fourth-order valence-electron chi connectivity index (χ4n) is 3.28. The normalized spacial score (nSPS) is 12.9. The van der Waals surface area contributed by atoms with Crippen LogP contribution in [0.2, 0.25) is 5.15 Å². The van der Waals surface area contributed by atoms with Crippen molar-refractivity contribution in [3.8, 4) is 0 Å². The smallest absolute Gasteiger partial charge is 0.376 e. The number of rotatable bonds is 8. The SMILES string of the molecule is O=C(NCC(COCc1cc(C(F)(F)F)cc(C(F)(F)F)c1)c1ccccc1)c1ccnc(Cl)c1. The van der Waals surface area contributed by atoms with Crippen LogP contribution >= 0.6 is 11.6 Å². The van der Waals surface area contributed by atoms with Crippen molar-refractivity contribution in [3.63, 3.8) is 0 Å². The molecule has 1 amide bonds. The van der Waals surface area contributed by atoms with E-state index in [1.807, 2.05) is 0 Å². The monoisotopic (exact) mass is 516 g/mol. The Morgan fingerprint density at radius 1 is 0.943 bits per heavy atom. The van der Waals surface area contributed by atoms with E-state index in [0.717, 1.165) is 5.56 Å². The molecule has 1 heterocycles. The highest BCUT2D eigenvalue weighted by Crippen LogP contribution is 2.36. The molecule has 35 heavy (non-hydrogen) atoms. The quantitative estimate of drug-likeness (QED) is 0.274. The number of pyridine rings is 1. The number of nitrogens with zero attached hydrogens (tertiary/aromatic N) is 1. The Morgan fingerprint density at radius 2 is 1.57 bits per heavy atom. The number of carbonyl (C=O) groups excluding carboxylic acids is 1. The Hall–Kier alpha value is -3.11. The molecular weight excluding hydrogens is 498 g/mol. The highest BCUT2D eigenvalue weighted by Gasteiger charge is 2.36. The second-order valence-corrected chi connectivity index (χ2v) is 8.00. The summed E-state index contributed by atoms with van der Waals surface area (Å²) in [5.74, 6) is -0.853. The van der Waals surface area contributed by atoms with Crippen LogP contribution in [0.1, 0.15) is 38.5 Å². The summed E-state index contributed by atoms with van der Waals surface area (Å²) in [6, 6.07) is 13.0. The first kappa shape index (κ1) is 26.5. The van der Waals surface area contributed by atoms with Gasteiger partial charge in [0.15, 0.2) is 0 Å². The molecule has 3 rings (SSSR count). The van der Waals surface area contributed by atoms with E-state index >= 15 is 0 Å². The van der Waals surface area contributed by atoms with Crippen molar-refractivity contribution in [1.29, 1.82) is 0 Å². The van der Waals surface area contributed by atoms with Crippen molar-refractivity contribution in [2.75, 3.05) is 13.2 Å².